The number of H-pyrrole nitrogens is 2. The van der Waals surface area contributed by atoms with Crippen LogP contribution in [0.5, 0.6) is 23.0 Å². The fourth-order valence-electron chi connectivity index (χ4n) is 9.80. The molecule has 0 radical (unpaired) electrons. The van der Waals surface area contributed by atoms with Gasteiger partial charge in [-0.15, -0.1) is 0 Å². The van der Waals surface area contributed by atoms with Crippen molar-refractivity contribution in [2.75, 3.05) is 0 Å². The minimum absolute atomic E-state index is 0.00854. The minimum Gasteiger partial charge on any atom is -0.489 e. The van der Waals surface area contributed by atoms with E-state index in [4.69, 9.17) is 38.9 Å². The fraction of sp³-hybridized carbons (Fsp3) is 0.0667. The second-order valence-corrected chi connectivity index (χ2v) is 19.8. The monoisotopic (exact) mass is 1300 g/mol. The molecule has 11 aromatic rings. The molecule has 2 N–H and O–H groups in total. The average molecular weight is 1300 g/mol. The third-order valence-electron chi connectivity index (χ3n) is 14.5. The van der Waals surface area contributed by atoms with Crippen molar-refractivity contribution in [3.8, 4) is 68.5 Å². The summed E-state index contributed by atoms with van der Waals surface area (Å²) >= 11 is 0. The number of rotatable bonds is 12. The van der Waals surface area contributed by atoms with E-state index in [0.29, 0.717) is 0 Å². The first-order valence-electron chi connectivity index (χ1n) is 25.8. The first-order chi connectivity index (χ1) is 43.9. The number of fused-ring (bicyclic) bond motifs is 20. The summed E-state index contributed by atoms with van der Waals surface area (Å²) in [6.07, 6.45) is 0. The van der Waals surface area contributed by atoms with Crippen molar-refractivity contribution in [1.82, 2.24) is 39.9 Å². The lowest BCUT2D eigenvalue weighted by Crippen LogP contribution is -2.09. The van der Waals surface area contributed by atoms with Crippen molar-refractivity contribution in [1.29, 1.82) is 0 Å². The van der Waals surface area contributed by atoms with E-state index in [1.807, 2.05) is 0 Å². The first kappa shape index (κ1) is 59.9. The van der Waals surface area contributed by atoms with E-state index in [1.54, 1.807) is 0 Å². The second-order valence-electron chi connectivity index (χ2n) is 19.8. The standard InChI is InChI=1S/C60H22F20N8O4/c61-33-29(34(62)42(70)49(77)41(33)69)13-89-17-1-5-21-25(9-17)57-81-53(21)85-58-26-10-18(90-14-30-35(63)43(71)50(78)44(72)36(30)64)2-6-22(26)55(82-58)87-60-28-12-20(92-16-32-39(67)47(75)52(80)48(76)40(32)68)4-8-24(28)56(84-60)88-59-27-11-19(3-7-23(27)54(83-59)86-57)91-15-31-37(65)45(73)51(79)46(74)38(31)66/h1-12H,13-16H2,(H2,81,82,83,84,85,86,87,88). The van der Waals surface area contributed by atoms with Gasteiger partial charge < -0.3 is 28.9 Å². The van der Waals surface area contributed by atoms with E-state index in [2.05, 4.69) is 19.9 Å². The maximum atomic E-state index is 14.8. The Morgan fingerprint density at radius 2 is 0.446 bits per heavy atom. The zero-order valence-electron chi connectivity index (χ0n) is 44.6. The molecule has 0 aliphatic carbocycles. The summed E-state index contributed by atoms with van der Waals surface area (Å²) in [6, 6.07) is 14.5. The minimum atomic E-state index is -2.44. The van der Waals surface area contributed by atoms with Crippen LogP contribution in [0.4, 0.5) is 87.8 Å². The van der Waals surface area contributed by atoms with E-state index in [1.165, 1.54) is 72.8 Å². The van der Waals surface area contributed by atoms with E-state index < -0.39 is 165 Å². The van der Waals surface area contributed by atoms with Crippen LogP contribution < -0.4 is 18.9 Å². The predicted octanol–water partition coefficient (Wildman–Crippen LogP) is 16.0. The zero-order valence-corrected chi connectivity index (χ0v) is 44.6. The van der Waals surface area contributed by atoms with Gasteiger partial charge in [0.25, 0.3) is 0 Å². The Bertz CT molecular complexity index is 4810. The summed E-state index contributed by atoms with van der Waals surface area (Å²) in [5, 5.41) is 0.136. The summed E-state index contributed by atoms with van der Waals surface area (Å²) in [5.74, 6) is -47.8. The third-order valence-corrected chi connectivity index (χ3v) is 14.5. The highest BCUT2D eigenvalue weighted by Gasteiger charge is 2.32. The molecule has 0 saturated carbocycles. The molecule has 2 aliphatic heterocycles. The van der Waals surface area contributed by atoms with Crippen LogP contribution in [0, 0.1) is 116 Å². The molecule has 12 nitrogen and oxygen atoms in total. The molecule has 13 rings (SSSR count). The van der Waals surface area contributed by atoms with Crippen LogP contribution in [0.25, 0.3) is 89.7 Å². The largest absolute Gasteiger partial charge is 0.489 e. The number of aromatic nitrogens is 8. The SMILES string of the molecule is Fc1c(F)c(F)c(COc2ccc3c(c2)-c2nc-3nc3[nH]c(nc4nc(nc5[nH]c(n2)c2ccc(OCc6c(F)c(F)c(F)c(F)c6F)cc52)-c2ccc(OCc5c(F)c(F)c(F)c(F)c5F)cc2-4)c2ccc(OCc4c(F)c(F)c(F)c(F)c4F)cc32)c(F)c1F. The van der Waals surface area contributed by atoms with Crippen LogP contribution in [-0.4, -0.2) is 39.9 Å². The summed E-state index contributed by atoms with van der Waals surface area (Å²) < 4.78 is 311. The molecule has 0 fully saturated rings. The molecule has 8 aromatic carbocycles. The maximum absolute atomic E-state index is 14.8. The normalized spacial score (nSPS) is 11.9. The van der Waals surface area contributed by atoms with Gasteiger partial charge in [-0.05, 0) is 72.8 Å². The molecule has 0 unspecified atom stereocenters. The quantitative estimate of drug-likeness (QED) is 0.0689. The molecule has 3 aromatic heterocycles. The van der Waals surface area contributed by atoms with Crippen LogP contribution in [0.1, 0.15) is 22.3 Å². The van der Waals surface area contributed by atoms with Gasteiger partial charge in [0.05, 0.1) is 22.3 Å². The average Bonchev–Trinajstić information content (AvgIpc) is 1.56. The number of benzene rings is 8. The second kappa shape index (κ2) is 22.4. The Morgan fingerprint density at radius 3 is 0.717 bits per heavy atom. The molecule has 32 heteroatoms. The predicted molar refractivity (Wildman–Crippen MR) is 278 cm³/mol. The number of halogens is 20. The molecular formula is C60H22F20N8O4. The van der Waals surface area contributed by atoms with Gasteiger partial charge in [0.15, 0.2) is 116 Å². The van der Waals surface area contributed by atoms with E-state index in [0.717, 1.165) is 0 Å². The Hall–Kier alpha value is -11.1. The van der Waals surface area contributed by atoms with Crippen LogP contribution in [-0.2, 0) is 26.4 Å². The van der Waals surface area contributed by atoms with Gasteiger partial charge in [0.1, 0.15) is 72.0 Å². The molecule has 466 valence electrons. The molecular weight excluding hydrogens is 1280 g/mol. The summed E-state index contributed by atoms with van der Waals surface area (Å²) in [7, 11) is 0. The van der Waals surface area contributed by atoms with Crippen molar-refractivity contribution in [3.05, 3.63) is 211 Å². The molecule has 2 aliphatic rings. The Morgan fingerprint density at radius 1 is 0.228 bits per heavy atom. The van der Waals surface area contributed by atoms with E-state index >= 15 is 0 Å². The highest BCUT2D eigenvalue weighted by atomic mass is 19.2. The lowest BCUT2D eigenvalue weighted by molar-refractivity contribution is 0.279. The van der Waals surface area contributed by atoms with Gasteiger partial charge >= 0.3 is 0 Å². The summed E-state index contributed by atoms with van der Waals surface area (Å²) in [5.41, 5.74) is -6.21. The highest BCUT2D eigenvalue weighted by Crippen LogP contribution is 2.42. The van der Waals surface area contributed by atoms with Gasteiger partial charge in [0.2, 0.25) is 23.3 Å². The van der Waals surface area contributed by atoms with Crippen molar-refractivity contribution in [2.45, 2.75) is 26.4 Å². The summed E-state index contributed by atoms with van der Waals surface area (Å²) in [6.45, 7) is -4.98. The number of ether oxygens (including phenoxy) is 4. The van der Waals surface area contributed by atoms with Gasteiger partial charge in [0, 0.05) is 43.8 Å². The molecule has 0 spiro atoms. The van der Waals surface area contributed by atoms with Gasteiger partial charge in [-0.3, -0.25) is 0 Å². The number of nitrogens with one attached hydrogen (secondary N) is 2. The number of nitrogens with zero attached hydrogens (tertiary/aromatic N) is 6. The topological polar surface area (TPSA) is 146 Å². The Kier molecular flexibility index (Phi) is 14.6. The number of aromatic amines is 2. The van der Waals surface area contributed by atoms with Gasteiger partial charge in [-0.2, -0.15) is 0 Å². The third kappa shape index (κ3) is 9.82. The molecule has 8 bridgehead atoms. The molecule has 0 saturated heterocycles. The number of hydrogen-bond acceptors (Lipinski definition) is 10. The molecule has 92 heavy (non-hydrogen) atoms. The lowest BCUT2D eigenvalue weighted by Gasteiger charge is -2.11. The Labute approximate surface area is 496 Å². The van der Waals surface area contributed by atoms with Crippen molar-refractivity contribution >= 4 is 44.1 Å². The van der Waals surface area contributed by atoms with Crippen LogP contribution in [0.2, 0.25) is 0 Å². The van der Waals surface area contributed by atoms with Crippen LogP contribution >= 0.6 is 0 Å². The van der Waals surface area contributed by atoms with Crippen molar-refractivity contribution in [2.24, 2.45) is 0 Å². The van der Waals surface area contributed by atoms with Crippen LogP contribution in [0.15, 0.2) is 72.8 Å². The van der Waals surface area contributed by atoms with Gasteiger partial charge in [-0.1, -0.05) is 0 Å². The van der Waals surface area contributed by atoms with Crippen molar-refractivity contribution in [3.63, 3.8) is 0 Å². The number of hydrogen-bond donors (Lipinski definition) is 2. The highest BCUT2D eigenvalue weighted by molar-refractivity contribution is 6.07. The maximum Gasteiger partial charge on any atom is 0.200 e. The van der Waals surface area contributed by atoms with E-state index in [9.17, 15) is 87.8 Å². The molecule has 5 heterocycles. The Balaban J connectivity index is 1.02. The van der Waals surface area contributed by atoms with Gasteiger partial charge in [-0.25, -0.2) is 118 Å². The fourth-order valence-corrected chi connectivity index (χ4v) is 9.80. The first-order valence-corrected chi connectivity index (χ1v) is 25.8. The van der Waals surface area contributed by atoms with E-state index in [-0.39, 0.29) is 113 Å². The zero-order chi connectivity index (χ0) is 65.2. The van der Waals surface area contributed by atoms with Crippen molar-refractivity contribution < 1.29 is 107 Å². The summed E-state index contributed by atoms with van der Waals surface area (Å²) in [4.78, 5) is 34.1. The molecule has 0 atom stereocenters. The van der Waals surface area contributed by atoms with Crippen LogP contribution in [0.3, 0.4) is 0 Å². The molecule has 0 amide bonds. The lowest BCUT2D eigenvalue weighted by atomic mass is 10.1. The smallest absolute Gasteiger partial charge is 0.200 e.